The minimum absolute atomic E-state index is 0.0321. The zero-order valence-corrected chi connectivity index (χ0v) is 11.7. The van der Waals surface area contributed by atoms with Gasteiger partial charge >= 0.3 is 0 Å². The molecule has 108 valence electrons. The summed E-state index contributed by atoms with van der Waals surface area (Å²) in [5, 5.41) is 2.54. The van der Waals surface area contributed by atoms with Crippen molar-refractivity contribution in [3.8, 4) is 0 Å². The molecular formula is C18H13NO3. The Morgan fingerprint density at radius 1 is 0.864 bits per heavy atom. The Labute approximate surface area is 127 Å². The molecule has 1 N–H and O–H groups in total. The number of amides is 1. The van der Waals surface area contributed by atoms with Gasteiger partial charge in [-0.1, -0.05) is 54.6 Å². The number of carbonyl (C=O) groups excluding carboxylic acids is 3. The Morgan fingerprint density at radius 3 is 2.23 bits per heavy atom. The summed E-state index contributed by atoms with van der Waals surface area (Å²) in [5.74, 6) is -0.931. The van der Waals surface area contributed by atoms with Crippen LogP contribution in [-0.2, 0) is 11.2 Å². The van der Waals surface area contributed by atoms with Crippen molar-refractivity contribution < 1.29 is 14.4 Å². The molecule has 2 aromatic carbocycles. The van der Waals surface area contributed by atoms with E-state index in [-0.39, 0.29) is 29.6 Å². The Morgan fingerprint density at radius 2 is 1.50 bits per heavy atom. The molecule has 0 heterocycles. The molecule has 4 nitrogen and oxygen atoms in total. The topological polar surface area (TPSA) is 63.2 Å². The molecule has 22 heavy (non-hydrogen) atoms. The molecule has 4 heteroatoms. The molecule has 0 fully saturated rings. The monoisotopic (exact) mass is 291 g/mol. The van der Waals surface area contributed by atoms with Gasteiger partial charge in [0, 0.05) is 17.2 Å². The molecule has 0 aliphatic heterocycles. The highest BCUT2D eigenvalue weighted by Crippen LogP contribution is 2.19. The van der Waals surface area contributed by atoms with Crippen molar-refractivity contribution in [2.75, 3.05) is 0 Å². The van der Waals surface area contributed by atoms with Crippen LogP contribution < -0.4 is 5.32 Å². The third-order valence-electron chi connectivity index (χ3n) is 3.44. The van der Waals surface area contributed by atoms with E-state index in [4.69, 9.17) is 0 Å². The average molecular weight is 291 g/mol. The third-order valence-corrected chi connectivity index (χ3v) is 3.44. The van der Waals surface area contributed by atoms with E-state index in [0.717, 1.165) is 5.56 Å². The molecule has 0 unspecified atom stereocenters. The van der Waals surface area contributed by atoms with Gasteiger partial charge < -0.3 is 5.32 Å². The summed E-state index contributed by atoms with van der Waals surface area (Å²) in [5.41, 5.74) is 1.57. The van der Waals surface area contributed by atoms with E-state index in [2.05, 4.69) is 5.32 Å². The van der Waals surface area contributed by atoms with Gasteiger partial charge in [0.05, 0.1) is 12.1 Å². The highest BCUT2D eigenvalue weighted by molar-refractivity contribution is 6.25. The van der Waals surface area contributed by atoms with E-state index in [1.807, 2.05) is 30.3 Å². The summed E-state index contributed by atoms with van der Waals surface area (Å²) in [6.45, 7) is 0. The summed E-state index contributed by atoms with van der Waals surface area (Å²) in [7, 11) is 0. The van der Waals surface area contributed by atoms with Gasteiger partial charge in [-0.3, -0.25) is 14.4 Å². The molecule has 0 atom stereocenters. The van der Waals surface area contributed by atoms with Crippen molar-refractivity contribution in [2.24, 2.45) is 0 Å². The fourth-order valence-corrected chi connectivity index (χ4v) is 2.38. The number of hydrogen-bond acceptors (Lipinski definition) is 3. The predicted octanol–water partition coefficient (Wildman–Crippen LogP) is 2.31. The lowest BCUT2D eigenvalue weighted by molar-refractivity contribution is -0.119. The second-order valence-electron chi connectivity index (χ2n) is 5.01. The molecule has 0 aromatic heterocycles. The molecule has 0 radical (unpaired) electrons. The maximum absolute atomic E-state index is 12.3. The quantitative estimate of drug-likeness (QED) is 0.944. The molecular weight excluding hydrogens is 278 g/mol. The van der Waals surface area contributed by atoms with Crippen LogP contribution in [0.5, 0.6) is 0 Å². The lowest BCUT2D eigenvalue weighted by Gasteiger charge is -2.15. The minimum atomic E-state index is -0.336. The first kappa shape index (κ1) is 13.9. The number of Topliss-reactive ketones (excluding diaryl/α,β-unsaturated/α-hetero) is 1. The van der Waals surface area contributed by atoms with Gasteiger partial charge in [0.25, 0.3) is 0 Å². The maximum Gasteiger partial charge on any atom is 0.228 e. The molecule has 0 spiro atoms. The first-order valence-corrected chi connectivity index (χ1v) is 6.88. The highest BCUT2D eigenvalue weighted by Gasteiger charge is 2.26. The first-order valence-electron chi connectivity index (χ1n) is 6.88. The van der Waals surface area contributed by atoms with Crippen LogP contribution >= 0.6 is 0 Å². The summed E-state index contributed by atoms with van der Waals surface area (Å²) < 4.78 is 0. The number of benzene rings is 2. The standard InChI is InChI=1S/C18H13NO3/c20-16-11-15(18(22)14-9-5-4-8-13(14)16)19-17(21)10-12-6-2-1-3-7-12/h1-9,11H,10H2,(H,19,21). The van der Waals surface area contributed by atoms with Crippen molar-refractivity contribution in [2.45, 2.75) is 6.42 Å². The molecule has 1 aliphatic carbocycles. The van der Waals surface area contributed by atoms with Gasteiger partial charge in [-0.2, -0.15) is 0 Å². The zero-order chi connectivity index (χ0) is 15.5. The SMILES string of the molecule is O=C(Cc1ccccc1)NC1=CC(=O)c2ccccc2C1=O. The van der Waals surface area contributed by atoms with E-state index in [0.29, 0.717) is 11.1 Å². The number of carbonyl (C=O) groups is 3. The first-order chi connectivity index (χ1) is 10.6. The maximum atomic E-state index is 12.3. The Kier molecular flexibility index (Phi) is 3.66. The Hall–Kier alpha value is -3.01. The molecule has 2 aromatic rings. The second-order valence-corrected chi connectivity index (χ2v) is 5.01. The molecule has 0 saturated heterocycles. The van der Waals surface area contributed by atoms with Gasteiger partial charge in [-0.05, 0) is 5.56 Å². The number of hydrogen-bond donors (Lipinski definition) is 1. The van der Waals surface area contributed by atoms with E-state index in [9.17, 15) is 14.4 Å². The van der Waals surface area contributed by atoms with E-state index in [1.54, 1.807) is 24.3 Å². The van der Waals surface area contributed by atoms with Crippen LogP contribution in [0.3, 0.4) is 0 Å². The summed E-state index contributed by atoms with van der Waals surface area (Å²) in [6, 6.07) is 15.8. The Balaban J connectivity index is 1.78. The third kappa shape index (κ3) is 2.72. The molecule has 1 amide bonds. The van der Waals surface area contributed by atoms with Crippen LogP contribution in [0.25, 0.3) is 0 Å². The number of allylic oxidation sites excluding steroid dienone is 2. The lowest BCUT2D eigenvalue weighted by atomic mass is 9.92. The minimum Gasteiger partial charge on any atom is -0.322 e. The number of nitrogens with one attached hydrogen (secondary N) is 1. The summed E-state index contributed by atoms with van der Waals surface area (Å²) in [4.78, 5) is 36.3. The van der Waals surface area contributed by atoms with Crippen molar-refractivity contribution in [3.05, 3.63) is 83.1 Å². The molecule has 0 bridgehead atoms. The lowest BCUT2D eigenvalue weighted by Crippen LogP contribution is -2.32. The number of ketones is 2. The Bertz CT molecular complexity index is 791. The normalized spacial score (nSPS) is 13.4. The van der Waals surface area contributed by atoms with E-state index < -0.39 is 0 Å². The van der Waals surface area contributed by atoms with Crippen LogP contribution in [0.15, 0.2) is 66.4 Å². The van der Waals surface area contributed by atoms with Crippen molar-refractivity contribution in [3.63, 3.8) is 0 Å². The number of fused-ring (bicyclic) bond motifs is 1. The van der Waals surface area contributed by atoms with Crippen LogP contribution in [0.2, 0.25) is 0 Å². The largest absolute Gasteiger partial charge is 0.322 e. The smallest absolute Gasteiger partial charge is 0.228 e. The molecule has 1 aliphatic rings. The van der Waals surface area contributed by atoms with Gasteiger partial charge in [0.15, 0.2) is 5.78 Å². The van der Waals surface area contributed by atoms with Gasteiger partial charge in [-0.15, -0.1) is 0 Å². The summed E-state index contributed by atoms with van der Waals surface area (Å²) in [6.07, 6.45) is 1.34. The zero-order valence-electron chi connectivity index (χ0n) is 11.7. The van der Waals surface area contributed by atoms with Crippen LogP contribution in [0, 0.1) is 0 Å². The number of rotatable bonds is 3. The van der Waals surface area contributed by atoms with Gasteiger partial charge in [0.2, 0.25) is 11.7 Å². The van der Waals surface area contributed by atoms with Gasteiger partial charge in [-0.25, -0.2) is 0 Å². The summed E-state index contributed by atoms with van der Waals surface area (Å²) >= 11 is 0. The predicted molar refractivity (Wildman–Crippen MR) is 81.5 cm³/mol. The fourth-order valence-electron chi connectivity index (χ4n) is 2.38. The van der Waals surface area contributed by atoms with Crippen molar-refractivity contribution in [1.82, 2.24) is 5.32 Å². The van der Waals surface area contributed by atoms with E-state index >= 15 is 0 Å². The second kappa shape index (κ2) is 5.77. The highest BCUT2D eigenvalue weighted by atomic mass is 16.2. The average Bonchev–Trinajstić information content (AvgIpc) is 2.53. The van der Waals surface area contributed by atoms with Gasteiger partial charge in [0.1, 0.15) is 0 Å². The van der Waals surface area contributed by atoms with Crippen LogP contribution in [-0.4, -0.2) is 17.5 Å². The molecule has 0 saturated carbocycles. The fraction of sp³-hybridized carbons (Fsp3) is 0.0556. The molecule has 3 rings (SSSR count). The van der Waals surface area contributed by atoms with Crippen LogP contribution in [0.1, 0.15) is 26.3 Å². The van der Waals surface area contributed by atoms with E-state index in [1.165, 1.54) is 6.08 Å². The van der Waals surface area contributed by atoms with Crippen molar-refractivity contribution >= 4 is 17.5 Å². The van der Waals surface area contributed by atoms with Crippen LogP contribution in [0.4, 0.5) is 0 Å². The van der Waals surface area contributed by atoms with Crippen molar-refractivity contribution in [1.29, 1.82) is 0 Å².